The summed E-state index contributed by atoms with van der Waals surface area (Å²) in [4.78, 5) is 13.2. The predicted octanol–water partition coefficient (Wildman–Crippen LogP) is 4.89. The van der Waals surface area contributed by atoms with Gasteiger partial charge in [-0.1, -0.05) is 42.5 Å². The van der Waals surface area contributed by atoms with Crippen LogP contribution in [0, 0.1) is 20.8 Å². The molecule has 184 valence electrons. The van der Waals surface area contributed by atoms with Crippen molar-refractivity contribution >= 4 is 21.6 Å². The van der Waals surface area contributed by atoms with Crippen molar-refractivity contribution < 1.29 is 17.9 Å². The van der Waals surface area contributed by atoms with Crippen LogP contribution < -0.4 is 10.0 Å². The Morgan fingerprint density at radius 2 is 1.57 bits per heavy atom. The first-order valence-electron chi connectivity index (χ1n) is 11.8. The van der Waals surface area contributed by atoms with Crippen molar-refractivity contribution in [2.75, 3.05) is 24.5 Å². The minimum Gasteiger partial charge on any atom is -0.381 e. The summed E-state index contributed by atoms with van der Waals surface area (Å²) in [7, 11) is -3.87. The Hall–Kier alpha value is -3.16. The molecule has 0 unspecified atom stereocenters. The number of carbonyl (C=O) groups is 1. The van der Waals surface area contributed by atoms with Gasteiger partial charge in [0.05, 0.1) is 4.90 Å². The van der Waals surface area contributed by atoms with Crippen molar-refractivity contribution in [1.29, 1.82) is 0 Å². The summed E-state index contributed by atoms with van der Waals surface area (Å²) in [6, 6.07) is 20.5. The van der Waals surface area contributed by atoms with Crippen LogP contribution >= 0.6 is 0 Å². The summed E-state index contributed by atoms with van der Waals surface area (Å²) in [5.41, 5.74) is 4.28. The van der Waals surface area contributed by atoms with Gasteiger partial charge in [0.2, 0.25) is 0 Å². The maximum atomic E-state index is 13.2. The smallest absolute Gasteiger partial charge is 0.262 e. The number of sulfonamides is 1. The second-order valence-electron chi connectivity index (χ2n) is 9.40. The van der Waals surface area contributed by atoms with E-state index in [0.717, 1.165) is 24.0 Å². The van der Waals surface area contributed by atoms with E-state index in [9.17, 15) is 13.2 Å². The number of amides is 1. The SMILES string of the molecule is Cc1cc(C)cc(NS(=O)(=O)c2cc(C(=O)NCC3(c4ccccc4)CCOCC3)ccc2C)c1. The molecule has 1 aliphatic heterocycles. The van der Waals surface area contributed by atoms with Gasteiger partial charge in [-0.15, -0.1) is 0 Å². The minimum atomic E-state index is -3.87. The van der Waals surface area contributed by atoms with Crippen LogP contribution in [0.15, 0.2) is 71.6 Å². The average molecular weight is 493 g/mol. The van der Waals surface area contributed by atoms with Gasteiger partial charge < -0.3 is 10.1 Å². The molecule has 0 spiro atoms. The Morgan fingerprint density at radius 3 is 2.23 bits per heavy atom. The molecule has 1 saturated heterocycles. The van der Waals surface area contributed by atoms with Crippen molar-refractivity contribution in [3.63, 3.8) is 0 Å². The van der Waals surface area contributed by atoms with Gasteiger partial charge in [-0.2, -0.15) is 0 Å². The number of benzene rings is 3. The molecule has 0 bridgehead atoms. The molecular weight excluding hydrogens is 460 g/mol. The molecule has 0 saturated carbocycles. The highest BCUT2D eigenvalue weighted by Gasteiger charge is 2.35. The van der Waals surface area contributed by atoms with Gasteiger partial charge in [0, 0.05) is 36.4 Å². The average Bonchev–Trinajstić information content (AvgIpc) is 2.83. The van der Waals surface area contributed by atoms with E-state index in [1.165, 1.54) is 11.6 Å². The molecule has 0 aliphatic carbocycles. The van der Waals surface area contributed by atoms with Gasteiger partial charge in [-0.05, 0) is 80.1 Å². The summed E-state index contributed by atoms with van der Waals surface area (Å²) in [5, 5.41) is 3.06. The van der Waals surface area contributed by atoms with E-state index in [-0.39, 0.29) is 16.2 Å². The van der Waals surface area contributed by atoms with E-state index in [2.05, 4.69) is 22.2 Å². The summed E-state index contributed by atoms with van der Waals surface area (Å²) in [5.74, 6) is -0.297. The van der Waals surface area contributed by atoms with E-state index < -0.39 is 10.0 Å². The van der Waals surface area contributed by atoms with Crippen LogP contribution in [0.4, 0.5) is 5.69 Å². The van der Waals surface area contributed by atoms with Crippen molar-refractivity contribution in [1.82, 2.24) is 5.32 Å². The second-order valence-corrected chi connectivity index (χ2v) is 11.1. The first-order chi connectivity index (χ1) is 16.7. The third-order valence-electron chi connectivity index (χ3n) is 6.64. The van der Waals surface area contributed by atoms with Crippen LogP contribution in [-0.2, 0) is 20.2 Å². The van der Waals surface area contributed by atoms with Gasteiger partial charge in [-0.3, -0.25) is 9.52 Å². The van der Waals surface area contributed by atoms with E-state index in [4.69, 9.17) is 4.74 Å². The monoisotopic (exact) mass is 492 g/mol. The molecule has 1 aliphatic rings. The fraction of sp³-hybridized carbons (Fsp3) is 0.321. The largest absolute Gasteiger partial charge is 0.381 e. The van der Waals surface area contributed by atoms with Crippen molar-refractivity contribution in [2.45, 2.75) is 43.9 Å². The molecule has 2 N–H and O–H groups in total. The third-order valence-corrected chi connectivity index (χ3v) is 8.16. The van der Waals surface area contributed by atoms with E-state index in [1.807, 2.05) is 38.1 Å². The van der Waals surface area contributed by atoms with E-state index >= 15 is 0 Å². The van der Waals surface area contributed by atoms with Crippen molar-refractivity contribution in [2.24, 2.45) is 0 Å². The fourth-order valence-electron chi connectivity index (χ4n) is 4.75. The zero-order valence-corrected chi connectivity index (χ0v) is 21.2. The van der Waals surface area contributed by atoms with Gasteiger partial charge in [0.25, 0.3) is 15.9 Å². The topological polar surface area (TPSA) is 84.5 Å². The van der Waals surface area contributed by atoms with Crippen LogP contribution in [0.2, 0.25) is 0 Å². The highest BCUT2D eigenvalue weighted by molar-refractivity contribution is 7.92. The molecule has 6 nitrogen and oxygen atoms in total. The van der Waals surface area contributed by atoms with Crippen LogP contribution in [-0.4, -0.2) is 34.1 Å². The lowest BCUT2D eigenvalue weighted by Crippen LogP contribution is -2.44. The first-order valence-corrected chi connectivity index (χ1v) is 13.3. The summed E-state index contributed by atoms with van der Waals surface area (Å²) >= 11 is 0. The molecule has 7 heteroatoms. The Kier molecular flexibility index (Phi) is 7.28. The van der Waals surface area contributed by atoms with Gasteiger partial charge in [0.1, 0.15) is 0 Å². The molecule has 1 amide bonds. The van der Waals surface area contributed by atoms with Crippen molar-refractivity contribution in [3.8, 4) is 0 Å². The number of carbonyl (C=O) groups excluding carboxylic acids is 1. The second kappa shape index (κ2) is 10.2. The number of nitrogens with one attached hydrogen (secondary N) is 2. The van der Waals surface area contributed by atoms with E-state index in [0.29, 0.717) is 36.6 Å². The van der Waals surface area contributed by atoms with Gasteiger partial charge in [-0.25, -0.2) is 8.42 Å². The molecule has 3 aromatic rings. The number of rotatable bonds is 7. The van der Waals surface area contributed by atoms with Crippen LogP contribution in [0.5, 0.6) is 0 Å². The molecule has 1 heterocycles. The molecule has 0 radical (unpaired) electrons. The molecule has 0 atom stereocenters. The zero-order valence-electron chi connectivity index (χ0n) is 20.4. The highest BCUT2D eigenvalue weighted by Crippen LogP contribution is 2.34. The summed E-state index contributed by atoms with van der Waals surface area (Å²) in [6.07, 6.45) is 1.62. The highest BCUT2D eigenvalue weighted by atomic mass is 32.2. The number of anilines is 1. The molecular formula is C28H32N2O4S. The molecule has 0 aromatic heterocycles. The molecule has 1 fully saturated rings. The number of aryl methyl sites for hydroxylation is 3. The van der Waals surface area contributed by atoms with E-state index in [1.54, 1.807) is 31.2 Å². The Bertz CT molecular complexity index is 1290. The summed E-state index contributed by atoms with van der Waals surface area (Å²) < 4.78 is 34.7. The number of hydrogen-bond donors (Lipinski definition) is 2. The molecule has 3 aromatic carbocycles. The Morgan fingerprint density at radius 1 is 0.914 bits per heavy atom. The quantitative estimate of drug-likeness (QED) is 0.492. The minimum absolute atomic E-state index is 0.0909. The molecule has 35 heavy (non-hydrogen) atoms. The van der Waals surface area contributed by atoms with Crippen LogP contribution in [0.3, 0.4) is 0 Å². The first kappa shape index (κ1) is 24.9. The maximum absolute atomic E-state index is 13.2. The lowest BCUT2D eigenvalue weighted by molar-refractivity contribution is 0.0487. The lowest BCUT2D eigenvalue weighted by atomic mass is 9.74. The lowest BCUT2D eigenvalue weighted by Gasteiger charge is -2.38. The van der Waals surface area contributed by atoms with Crippen LogP contribution in [0.1, 0.15) is 45.5 Å². The van der Waals surface area contributed by atoms with Gasteiger partial charge in [0.15, 0.2) is 0 Å². The Labute approximate surface area is 207 Å². The number of ether oxygens (including phenoxy) is 1. The normalized spacial score (nSPS) is 15.4. The predicted molar refractivity (Wildman–Crippen MR) is 138 cm³/mol. The Balaban J connectivity index is 1.55. The third kappa shape index (κ3) is 5.74. The zero-order chi connectivity index (χ0) is 25.1. The van der Waals surface area contributed by atoms with Gasteiger partial charge >= 0.3 is 0 Å². The number of hydrogen-bond acceptors (Lipinski definition) is 4. The fourth-order valence-corrected chi connectivity index (χ4v) is 6.06. The maximum Gasteiger partial charge on any atom is 0.262 e. The summed E-state index contributed by atoms with van der Waals surface area (Å²) in [6.45, 7) is 7.30. The van der Waals surface area contributed by atoms with Crippen molar-refractivity contribution in [3.05, 3.63) is 94.5 Å². The molecule has 4 rings (SSSR count). The standard InChI is InChI=1S/C28H32N2O4S/c1-20-15-21(2)17-25(16-20)30-35(32,33)26-18-23(10-9-22(26)3)27(31)29-19-28(11-13-34-14-12-28)24-7-5-4-6-8-24/h4-10,15-18,30H,11-14,19H2,1-3H3,(H,29,31). The van der Waals surface area contributed by atoms with Crippen LogP contribution in [0.25, 0.3) is 0 Å².